The largest absolute Gasteiger partial charge is 0.427 e. The molecule has 3 N–H and O–H groups in total. The molecular weight excluding hydrogens is 500 g/mol. The summed E-state index contributed by atoms with van der Waals surface area (Å²) in [5, 5.41) is -0.280. The Morgan fingerprint density at radius 1 is 1.20 bits per heavy atom. The van der Waals surface area contributed by atoms with Crippen molar-refractivity contribution in [2.24, 2.45) is 11.1 Å². The van der Waals surface area contributed by atoms with E-state index in [0.717, 1.165) is 5.56 Å². The molecule has 11 nitrogen and oxygen atoms in total. The summed E-state index contributed by atoms with van der Waals surface area (Å²) >= 11 is 1.48. The maximum Gasteiger partial charge on any atom is 0.358 e. The van der Waals surface area contributed by atoms with Crippen LogP contribution in [0.3, 0.4) is 0 Å². The highest BCUT2D eigenvalue weighted by Gasteiger charge is 2.52. The number of hydrogen-bond acceptors (Lipinski definition) is 10. The van der Waals surface area contributed by atoms with Crippen LogP contribution >= 0.6 is 11.8 Å². The summed E-state index contributed by atoms with van der Waals surface area (Å²) in [6, 6.07) is 5.36. The lowest BCUT2D eigenvalue weighted by atomic mass is 9.98. The van der Waals surface area contributed by atoms with E-state index in [0.29, 0.717) is 11.3 Å². The summed E-state index contributed by atoms with van der Waals surface area (Å²) in [4.78, 5) is 37.3. The minimum atomic E-state index is -4.02. The number of amides is 1. The van der Waals surface area contributed by atoms with E-state index in [9.17, 15) is 22.8 Å². The van der Waals surface area contributed by atoms with Gasteiger partial charge in [0.05, 0.1) is 16.9 Å². The highest BCUT2D eigenvalue weighted by atomic mass is 32.2. The smallest absolute Gasteiger partial charge is 0.358 e. The number of esters is 2. The van der Waals surface area contributed by atoms with Gasteiger partial charge in [-0.3, -0.25) is 19.0 Å². The molecule has 1 saturated heterocycles. The van der Waals surface area contributed by atoms with Gasteiger partial charge in [-0.05, 0) is 45.4 Å². The average molecular weight is 531 g/mol. The number of fused-ring (bicyclic) bond motifs is 1. The van der Waals surface area contributed by atoms with Gasteiger partial charge in [0.1, 0.15) is 17.1 Å². The van der Waals surface area contributed by atoms with E-state index >= 15 is 0 Å². The van der Waals surface area contributed by atoms with Crippen molar-refractivity contribution in [1.82, 2.24) is 4.90 Å². The number of carbonyl (C=O) groups is 3. The fourth-order valence-corrected chi connectivity index (χ4v) is 4.74. The maximum absolute atomic E-state index is 12.4. The molecule has 13 heteroatoms. The van der Waals surface area contributed by atoms with Gasteiger partial charge < -0.3 is 19.9 Å². The highest BCUT2D eigenvalue weighted by Crippen LogP contribution is 2.39. The van der Waals surface area contributed by atoms with Crippen LogP contribution in [0, 0.1) is 12.3 Å². The zero-order chi connectivity index (χ0) is 26.6. The third-order valence-corrected chi connectivity index (χ3v) is 7.14. The van der Waals surface area contributed by atoms with E-state index in [1.165, 1.54) is 35.9 Å². The van der Waals surface area contributed by atoms with Gasteiger partial charge in [-0.2, -0.15) is 8.42 Å². The summed E-state index contributed by atoms with van der Waals surface area (Å²) in [6.45, 7) is 6.61. The van der Waals surface area contributed by atoms with Gasteiger partial charge in [-0.15, -0.1) is 11.8 Å². The molecule has 2 heterocycles. The molecule has 2 aliphatic heterocycles. The first kappa shape index (κ1) is 28.8. The van der Waals surface area contributed by atoms with Crippen LogP contribution in [-0.2, 0) is 38.7 Å². The van der Waals surface area contributed by atoms with Crippen molar-refractivity contribution in [3.63, 3.8) is 0 Å². The van der Waals surface area contributed by atoms with Gasteiger partial charge in [-0.1, -0.05) is 17.7 Å². The molecule has 35 heavy (non-hydrogen) atoms. The van der Waals surface area contributed by atoms with E-state index in [2.05, 4.69) is 0 Å². The molecule has 0 bridgehead atoms. The molecule has 194 valence electrons. The summed E-state index contributed by atoms with van der Waals surface area (Å²) in [6.07, 6.45) is 0. The molecule has 1 aromatic rings. The second kappa shape index (κ2) is 11.5. The molecule has 2 aliphatic rings. The van der Waals surface area contributed by atoms with Crippen LogP contribution in [0.15, 0.2) is 40.4 Å². The van der Waals surface area contributed by atoms with Gasteiger partial charge in [0.15, 0.2) is 0 Å². The molecule has 0 aromatic heterocycles. The zero-order valence-electron chi connectivity index (χ0n) is 20.1. The molecule has 0 spiro atoms. The van der Waals surface area contributed by atoms with Gasteiger partial charge >= 0.3 is 11.9 Å². The third kappa shape index (κ3) is 7.27. The number of carbonyl (C=O) groups excluding carboxylic acids is 3. The van der Waals surface area contributed by atoms with Crippen LogP contribution in [0.25, 0.3) is 0 Å². The number of hydrogen-bond donors (Lipinski definition) is 2. The Bertz CT molecular complexity index is 1090. The molecule has 0 aliphatic carbocycles. The Balaban J connectivity index is 0.000000328. The highest BCUT2D eigenvalue weighted by molar-refractivity contribution is 8.00. The number of rotatable bonds is 6. The Labute approximate surface area is 208 Å². The Kier molecular flexibility index (Phi) is 9.48. The average Bonchev–Trinajstić information content (AvgIpc) is 2.77. The van der Waals surface area contributed by atoms with Crippen molar-refractivity contribution < 1.29 is 41.6 Å². The Hall–Kier alpha value is -2.45. The van der Waals surface area contributed by atoms with Crippen LogP contribution in [0.4, 0.5) is 0 Å². The standard InChI is InChI=1S/C15H22N2O6S.C7H8O3S/c1-15(2,3)14(20)23-7-22-13(19)10-8(5-21-4)6-24-12-9(16)11(18)17(10)12;1-6-2-4-7(5-3-6)11(8,9)10/h9,12H,5-7,16H2,1-4H3;2-5H,1H3,(H,8,9,10)/t9?,12-;/m0./s1. The van der Waals surface area contributed by atoms with Crippen molar-refractivity contribution in [3.05, 3.63) is 41.1 Å². The number of thioether (sulfide) groups is 1. The van der Waals surface area contributed by atoms with Crippen molar-refractivity contribution >= 4 is 39.7 Å². The van der Waals surface area contributed by atoms with Gasteiger partial charge in [0.2, 0.25) is 12.7 Å². The van der Waals surface area contributed by atoms with E-state index in [1.807, 2.05) is 6.92 Å². The molecular formula is C22H30N2O9S2. The lowest BCUT2D eigenvalue weighted by molar-refractivity contribution is -0.173. The minimum Gasteiger partial charge on any atom is -0.427 e. The van der Waals surface area contributed by atoms with Crippen LogP contribution in [0.5, 0.6) is 0 Å². The number of aryl methyl sites for hydroxylation is 1. The summed E-state index contributed by atoms with van der Waals surface area (Å²) in [5.74, 6) is -1.03. The second-order valence-electron chi connectivity index (χ2n) is 8.84. The van der Waals surface area contributed by atoms with Gasteiger partial charge in [0, 0.05) is 12.9 Å². The molecule has 0 radical (unpaired) electrons. The van der Waals surface area contributed by atoms with Crippen LogP contribution in [-0.4, -0.2) is 73.4 Å². The number of methoxy groups -OCH3 is 1. The Morgan fingerprint density at radius 2 is 1.80 bits per heavy atom. The fourth-order valence-electron chi connectivity index (χ4n) is 2.99. The van der Waals surface area contributed by atoms with E-state index in [-0.39, 0.29) is 28.5 Å². The topological polar surface area (TPSA) is 163 Å². The molecule has 3 rings (SSSR count). The summed E-state index contributed by atoms with van der Waals surface area (Å²) < 4.78 is 44.6. The number of nitrogens with two attached hydrogens (primary N) is 1. The van der Waals surface area contributed by atoms with E-state index in [4.69, 9.17) is 24.5 Å². The molecule has 0 saturated carbocycles. The van der Waals surface area contributed by atoms with Crippen LogP contribution in [0.1, 0.15) is 26.3 Å². The SMILES string of the molecule is COCC1=C(C(=O)OCOC(=O)C(C)(C)C)N2C(=O)C(N)[C@@H]2SC1.Cc1ccc(S(=O)(=O)O)cc1. The zero-order valence-corrected chi connectivity index (χ0v) is 21.8. The lowest BCUT2D eigenvalue weighted by Gasteiger charge is -2.48. The molecule has 1 unspecified atom stereocenters. The number of nitrogens with zero attached hydrogens (tertiary/aromatic N) is 1. The third-order valence-electron chi connectivity index (χ3n) is 4.91. The minimum absolute atomic E-state index is 0.0666. The predicted molar refractivity (Wildman–Crippen MR) is 127 cm³/mol. The number of benzene rings is 1. The van der Waals surface area contributed by atoms with E-state index in [1.54, 1.807) is 32.9 Å². The predicted octanol–water partition coefficient (Wildman–Crippen LogP) is 1.46. The second-order valence-corrected chi connectivity index (χ2v) is 11.4. The lowest BCUT2D eigenvalue weighted by Crippen LogP contribution is -2.68. The van der Waals surface area contributed by atoms with Crippen LogP contribution < -0.4 is 5.73 Å². The summed E-state index contributed by atoms with van der Waals surface area (Å²) in [5.41, 5.74) is 6.80. The summed E-state index contributed by atoms with van der Waals surface area (Å²) in [7, 11) is -2.52. The van der Waals surface area contributed by atoms with Crippen molar-refractivity contribution in [2.45, 2.75) is 44.0 Å². The molecule has 1 amide bonds. The van der Waals surface area contributed by atoms with Crippen molar-refractivity contribution in [3.8, 4) is 0 Å². The first-order valence-corrected chi connectivity index (χ1v) is 13.0. The van der Waals surface area contributed by atoms with Crippen LogP contribution in [0.2, 0.25) is 0 Å². The van der Waals surface area contributed by atoms with E-state index < -0.39 is 40.3 Å². The Morgan fingerprint density at radius 3 is 2.31 bits per heavy atom. The first-order valence-electron chi connectivity index (χ1n) is 10.5. The monoisotopic (exact) mass is 530 g/mol. The fraction of sp³-hybridized carbons (Fsp3) is 0.500. The normalized spacial score (nSPS) is 19.7. The maximum atomic E-state index is 12.4. The van der Waals surface area contributed by atoms with Crippen molar-refractivity contribution in [2.75, 3.05) is 26.3 Å². The molecule has 1 fully saturated rings. The molecule has 2 atom stereocenters. The van der Waals surface area contributed by atoms with Gasteiger partial charge in [0.25, 0.3) is 10.1 Å². The van der Waals surface area contributed by atoms with Crippen molar-refractivity contribution in [1.29, 1.82) is 0 Å². The first-order chi connectivity index (χ1) is 16.2. The van der Waals surface area contributed by atoms with Gasteiger partial charge in [-0.25, -0.2) is 4.79 Å². The number of β-lactam (4-membered cyclic amide) rings is 1. The quantitative estimate of drug-likeness (QED) is 0.237. The molecule has 1 aromatic carbocycles. The number of ether oxygens (including phenoxy) is 3.